The summed E-state index contributed by atoms with van der Waals surface area (Å²) in [6.07, 6.45) is -4.21. The molecule has 0 bridgehead atoms. The topological polar surface area (TPSA) is 92.0 Å². The summed E-state index contributed by atoms with van der Waals surface area (Å²) >= 11 is 6.92. The van der Waals surface area contributed by atoms with Crippen LogP contribution in [0.4, 0.5) is 13.2 Å². The van der Waals surface area contributed by atoms with Gasteiger partial charge in [0.25, 0.3) is 5.56 Å². The molecule has 0 amide bonds. The lowest BCUT2D eigenvalue weighted by atomic mass is 10.1. The Balaban J connectivity index is 1.88. The van der Waals surface area contributed by atoms with Crippen LogP contribution in [-0.2, 0) is 15.7 Å². The van der Waals surface area contributed by atoms with Gasteiger partial charge in [-0.05, 0) is 76.0 Å². The summed E-state index contributed by atoms with van der Waals surface area (Å²) in [5.41, 5.74) is -0.687. The fourth-order valence-electron chi connectivity index (χ4n) is 3.83. The smallest absolute Gasteiger partial charge is 0.416 e. The van der Waals surface area contributed by atoms with Gasteiger partial charge in [0, 0.05) is 15.6 Å². The van der Waals surface area contributed by atoms with Crippen LogP contribution in [0, 0.1) is 0 Å². The fourth-order valence-corrected chi connectivity index (χ4v) is 4.75. The maximum absolute atomic E-state index is 13.5. The number of halogens is 5. The Labute approximate surface area is 249 Å². The van der Waals surface area contributed by atoms with Gasteiger partial charge in [-0.15, -0.1) is 0 Å². The van der Waals surface area contributed by atoms with E-state index in [1.165, 1.54) is 32.4 Å². The quantitative estimate of drug-likeness (QED) is 0.148. The van der Waals surface area contributed by atoms with Gasteiger partial charge in [0.1, 0.15) is 0 Å². The molecule has 0 saturated carbocycles. The van der Waals surface area contributed by atoms with Gasteiger partial charge in [-0.2, -0.15) is 22.9 Å². The molecule has 0 spiro atoms. The van der Waals surface area contributed by atoms with Gasteiger partial charge in [-0.25, -0.2) is 9.78 Å². The van der Waals surface area contributed by atoms with E-state index in [-0.39, 0.29) is 34.9 Å². The molecule has 3 aromatic carbocycles. The maximum atomic E-state index is 13.5. The van der Waals surface area contributed by atoms with Gasteiger partial charge < -0.3 is 14.2 Å². The SMILES string of the molecule is CCOc1cc(C=Nn2c(-c3cccc(C(F)(F)F)c3)nc3ccccc3c2=O)c(Br)c(Br)c1O[C@H](C)C(=O)OC. The first-order valence-corrected chi connectivity index (χ1v) is 13.7. The number of benzene rings is 3. The van der Waals surface area contributed by atoms with Crippen LogP contribution < -0.4 is 15.0 Å². The molecule has 0 saturated heterocycles. The molecule has 41 heavy (non-hydrogen) atoms. The zero-order valence-electron chi connectivity index (χ0n) is 21.8. The Morgan fingerprint density at radius 1 is 1.12 bits per heavy atom. The highest BCUT2D eigenvalue weighted by molar-refractivity contribution is 9.13. The summed E-state index contributed by atoms with van der Waals surface area (Å²) in [6, 6.07) is 12.6. The molecule has 0 unspecified atom stereocenters. The van der Waals surface area contributed by atoms with E-state index in [9.17, 15) is 22.8 Å². The number of alkyl halides is 3. The Morgan fingerprint density at radius 3 is 2.54 bits per heavy atom. The van der Waals surface area contributed by atoms with Crippen LogP contribution in [0.15, 0.2) is 73.4 Å². The number of fused-ring (bicyclic) bond motifs is 1. The second kappa shape index (κ2) is 12.4. The Morgan fingerprint density at radius 2 is 1.85 bits per heavy atom. The highest BCUT2D eigenvalue weighted by Gasteiger charge is 2.31. The zero-order chi connectivity index (χ0) is 29.9. The Bertz CT molecular complexity index is 1710. The van der Waals surface area contributed by atoms with E-state index in [0.717, 1.165) is 16.8 Å². The molecular weight excluding hydrogens is 675 g/mol. The van der Waals surface area contributed by atoms with E-state index in [0.29, 0.717) is 20.0 Å². The Hall–Kier alpha value is -3.71. The van der Waals surface area contributed by atoms with Crippen LogP contribution >= 0.6 is 31.9 Å². The van der Waals surface area contributed by atoms with E-state index in [1.807, 2.05) is 0 Å². The molecular formula is C28H22Br2F3N3O5. The van der Waals surface area contributed by atoms with Gasteiger partial charge in [0.2, 0.25) is 0 Å². The number of para-hydroxylation sites is 1. The third-order valence-corrected chi connectivity index (χ3v) is 7.94. The third kappa shape index (κ3) is 6.46. The molecule has 8 nitrogen and oxygen atoms in total. The summed E-state index contributed by atoms with van der Waals surface area (Å²) in [7, 11) is 1.24. The summed E-state index contributed by atoms with van der Waals surface area (Å²) in [4.78, 5) is 29.9. The lowest BCUT2D eigenvalue weighted by Gasteiger charge is -2.19. The van der Waals surface area contributed by atoms with Crippen molar-refractivity contribution in [2.45, 2.75) is 26.1 Å². The average molecular weight is 697 g/mol. The van der Waals surface area contributed by atoms with E-state index in [2.05, 4.69) is 41.9 Å². The molecule has 214 valence electrons. The summed E-state index contributed by atoms with van der Waals surface area (Å²) < 4.78 is 58.4. The first-order valence-electron chi connectivity index (χ1n) is 12.1. The standard InChI is InChI=1S/C28H22Br2F3N3O5/c1-4-40-21-13-17(22(29)23(30)24(21)41-15(2)27(38)39-3)14-34-36-25(16-8-7-9-18(12-16)28(31,32)33)35-20-11-6-5-10-19(20)26(36)37/h5-15H,4H2,1-3H3/t15-/m1/s1. The number of methoxy groups -OCH3 is 1. The molecule has 1 aromatic heterocycles. The highest BCUT2D eigenvalue weighted by atomic mass is 79.9. The predicted molar refractivity (Wildman–Crippen MR) is 155 cm³/mol. The number of hydrogen-bond acceptors (Lipinski definition) is 7. The number of hydrogen-bond donors (Lipinski definition) is 0. The molecule has 1 atom stereocenters. The second-order valence-corrected chi connectivity index (χ2v) is 10.1. The second-order valence-electron chi connectivity index (χ2n) is 8.53. The summed E-state index contributed by atoms with van der Waals surface area (Å²) in [5, 5.41) is 4.58. The predicted octanol–water partition coefficient (Wildman–Crippen LogP) is 6.83. The number of aromatic nitrogens is 2. The van der Waals surface area contributed by atoms with E-state index in [1.54, 1.807) is 37.3 Å². The van der Waals surface area contributed by atoms with Crippen molar-refractivity contribution in [2.75, 3.05) is 13.7 Å². The van der Waals surface area contributed by atoms with Gasteiger partial charge in [0.15, 0.2) is 23.4 Å². The van der Waals surface area contributed by atoms with Crippen LogP contribution in [0.5, 0.6) is 11.5 Å². The fraction of sp³-hybridized carbons (Fsp3) is 0.214. The van der Waals surface area contributed by atoms with E-state index >= 15 is 0 Å². The number of carbonyl (C=O) groups is 1. The Kier molecular flexibility index (Phi) is 9.17. The van der Waals surface area contributed by atoms with Gasteiger partial charge in [-0.3, -0.25) is 4.79 Å². The molecule has 0 radical (unpaired) electrons. The molecule has 13 heteroatoms. The summed E-state index contributed by atoms with van der Waals surface area (Å²) in [6.45, 7) is 3.55. The lowest BCUT2D eigenvalue weighted by molar-refractivity contribution is -0.148. The van der Waals surface area contributed by atoms with E-state index < -0.39 is 29.4 Å². The molecule has 4 aromatic rings. The van der Waals surface area contributed by atoms with Crippen LogP contribution in [0.1, 0.15) is 25.0 Å². The zero-order valence-corrected chi connectivity index (χ0v) is 25.0. The van der Waals surface area contributed by atoms with Crippen molar-refractivity contribution in [3.63, 3.8) is 0 Å². The van der Waals surface area contributed by atoms with Gasteiger partial charge >= 0.3 is 12.1 Å². The lowest BCUT2D eigenvalue weighted by Crippen LogP contribution is -2.25. The van der Waals surface area contributed by atoms with Crippen molar-refractivity contribution in [3.8, 4) is 22.9 Å². The van der Waals surface area contributed by atoms with Crippen molar-refractivity contribution in [3.05, 3.63) is 85.0 Å². The minimum Gasteiger partial charge on any atom is -0.490 e. The number of ether oxygens (including phenoxy) is 3. The van der Waals surface area contributed by atoms with Gasteiger partial charge in [-0.1, -0.05) is 24.3 Å². The molecule has 0 fully saturated rings. The normalized spacial score (nSPS) is 12.5. The average Bonchev–Trinajstić information content (AvgIpc) is 2.96. The van der Waals surface area contributed by atoms with Crippen LogP contribution in [0.25, 0.3) is 22.3 Å². The largest absolute Gasteiger partial charge is 0.490 e. The molecule has 0 aliphatic heterocycles. The summed E-state index contributed by atoms with van der Waals surface area (Å²) in [5.74, 6) is -0.181. The van der Waals surface area contributed by atoms with Crippen molar-refractivity contribution >= 4 is 54.9 Å². The number of esters is 1. The third-order valence-electron chi connectivity index (χ3n) is 5.80. The molecule has 0 N–H and O–H groups in total. The van der Waals surface area contributed by atoms with Gasteiger partial charge in [0.05, 0.1) is 40.9 Å². The van der Waals surface area contributed by atoms with Crippen molar-refractivity contribution in [1.82, 2.24) is 9.66 Å². The molecule has 1 heterocycles. The minimum atomic E-state index is -4.59. The van der Waals surface area contributed by atoms with Crippen LogP contribution in [-0.4, -0.2) is 41.7 Å². The monoisotopic (exact) mass is 695 g/mol. The van der Waals surface area contributed by atoms with Crippen LogP contribution in [0.3, 0.4) is 0 Å². The van der Waals surface area contributed by atoms with Crippen molar-refractivity contribution in [2.24, 2.45) is 5.10 Å². The number of rotatable bonds is 8. The number of nitrogens with zero attached hydrogens (tertiary/aromatic N) is 3. The maximum Gasteiger partial charge on any atom is 0.416 e. The van der Waals surface area contributed by atoms with Crippen LogP contribution in [0.2, 0.25) is 0 Å². The first-order chi connectivity index (χ1) is 19.5. The first kappa shape index (κ1) is 30.3. The molecule has 0 aliphatic rings. The highest BCUT2D eigenvalue weighted by Crippen LogP contribution is 2.43. The van der Waals surface area contributed by atoms with Crippen molar-refractivity contribution in [1.29, 1.82) is 0 Å². The van der Waals surface area contributed by atoms with Crippen molar-refractivity contribution < 1.29 is 32.2 Å². The molecule has 0 aliphatic carbocycles. The minimum absolute atomic E-state index is 0.0515. The molecule has 4 rings (SSSR count). The number of carbonyl (C=O) groups excluding carboxylic acids is 1. The van der Waals surface area contributed by atoms with E-state index in [4.69, 9.17) is 14.2 Å².